The van der Waals surface area contributed by atoms with Gasteiger partial charge in [0.2, 0.25) is 5.95 Å². The number of rotatable bonds is 10. The van der Waals surface area contributed by atoms with Crippen molar-refractivity contribution in [3.63, 3.8) is 0 Å². The summed E-state index contributed by atoms with van der Waals surface area (Å²) in [6, 6.07) is 6.20. The number of ether oxygens (including phenoxy) is 1. The van der Waals surface area contributed by atoms with Crippen LogP contribution < -0.4 is 15.8 Å². The second-order valence-corrected chi connectivity index (χ2v) is 15.6. The highest BCUT2D eigenvalue weighted by Gasteiger charge is 2.37. The number of nitrogens with zero attached hydrogens (tertiary/aromatic N) is 2. The molecule has 0 saturated carbocycles. The molecule has 1 aromatic heterocycles. The second kappa shape index (κ2) is 11.0. The van der Waals surface area contributed by atoms with Gasteiger partial charge >= 0.3 is 0 Å². The number of aromatic nitrogens is 2. The van der Waals surface area contributed by atoms with Crippen molar-refractivity contribution >= 4 is 36.0 Å². The lowest BCUT2D eigenvalue weighted by molar-refractivity contribution is 0.265. The molecule has 3 N–H and O–H groups in total. The Morgan fingerprint density at radius 2 is 1.91 bits per heavy atom. The molecule has 0 unspecified atom stereocenters. The number of nitrogens with two attached hydrogens (primary N) is 1. The summed E-state index contributed by atoms with van der Waals surface area (Å²) >= 11 is 3.51. The van der Waals surface area contributed by atoms with Crippen LogP contribution in [0.15, 0.2) is 22.7 Å². The fourth-order valence-corrected chi connectivity index (χ4v) is 4.66. The van der Waals surface area contributed by atoms with E-state index in [1.165, 1.54) is 0 Å². The minimum absolute atomic E-state index is 0.147. The number of methoxy groups -OCH3 is 1. The summed E-state index contributed by atoms with van der Waals surface area (Å²) < 4.78 is 13.1. The van der Waals surface area contributed by atoms with Crippen LogP contribution in [0.1, 0.15) is 57.4 Å². The molecule has 0 aliphatic rings. The quantitative estimate of drug-likeness (QED) is 0.354. The molecule has 0 saturated heterocycles. The Balaban J connectivity index is 2.33. The first kappa shape index (κ1) is 26.6. The lowest BCUT2D eigenvalue weighted by atomic mass is 10.0. The molecule has 1 heterocycles. The van der Waals surface area contributed by atoms with Gasteiger partial charge in [0.15, 0.2) is 8.32 Å². The van der Waals surface area contributed by atoms with Crippen LogP contribution in [0.25, 0.3) is 0 Å². The average molecular weight is 524 g/mol. The van der Waals surface area contributed by atoms with Crippen LogP contribution in [-0.4, -0.2) is 38.0 Å². The van der Waals surface area contributed by atoms with Gasteiger partial charge < -0.3 is 20.2 Å². The van der Waals surface area contributed by atoms with Crippen LogP contribution in [0.4, 0.5) is 11.8 Å². The molecule has 8 heteroatoms. The highest BCUT2D eigenvalue weighted by Crippen LogP contribution is 2.37. The lowest BCUT2D eigenvalue weighted by Gasteiger charge is -2.37. The van der Waals surface area contributed by atoms with Gasteiger partial charge in [0.1, 0.15) is 11.6 Å². The monoisotopic (exact) mass is 522 g/mol. The average Bonchev–Trinajstić information content (AvgIpc) is 2.68. The highest BCUT2D eigenvalue weighted by atomic mass is 79.9. The van der Waals surface area contributed by atoms with Gasteiger partial charge in [0, 0.05) is 28.2 Å². The van der Waals surface area contributed by atoms with Gasteiger partial charge in [-0.15, -0.1) is 0 Å². The summed E-state index contributed by atoms with van der Waals surface area (Å²) in [6.45, 7) is 16.2. The predicted octanol–water partition coefficient (Wildman–Crippen LogP) is 6.33. The maximum atomic E-state index is 6.53. The van der Waals surface area contributed by atoms with Crippen LogP contribution in [-0.2, 0) is 10.8 Å². The molecule has 0 amide bonds. The summed E-state index contributed by atoms with van der Waals surface area (Å²) in [5.41, 5.74) is 8.99. The molecule has 0 aliphatic carbocycles. The van der Waals surface area contributed by atoms with Crippen molar-refractivity contribution in [3.05, 3.63) is 39.5 Å². The van der Waals surface area contributed by atoms with E-state index in [-0.39, 0.29) is 17.0 Å². The zero-order valence-electron chi connectivity index (χ0n) is 20.8. The zero-order chi connectivity index (χ0) is 24.1. The fraction of sp³-hybridized carbons (Fsp3) is 0.583. The Morgan fingerprint density at radius 1 is 1.22 bits per heavy atom. The SMILES string of the molecule is CCC[C@@H](CO[Si](C)(C)C(C)(C)C)Nc1nc(N)nc(C)c1Cc1ccc(Br)cc1OC. The number of benzene rings is 1. The number of hydrogen-bond acceptors (Lipinski definition) is 6. The smallest absolute Gasteiger partial charge is 0.222 e. The van der Waals surface area contributed by atoms with E-state index in [9.17, 15) is 0 Å². The van der Waals surface area contributed by atoms with Crippen molar-refractivity contribution in [3.8, 4) is 5.75 Å². The molecular formula is C24H39BrN4O2Si. The van der Waals surface area contributed by atoms with Crippen molar-refractivity contribution in [2.24, 2.45) is 0 Å². The van der Waals surface area contributed by atoms with Crippen molar-refractivity contribution in [1.82, 2.24) is 9.97 Å². The maximum absolute atomic E-state index is 6.53. The topological polar surface area (TPSA) is 82.3 Å². The molecule has 0 fully saturated rings. The third-order valence-corrected chi connectivity index (χ3v) is 11.3. The van der Waals surface area contributed by atoms with Crippen LogP contribution in [0.2, 0.25) is 18.1 Å². The molecule has 6 nitrogen and oxygen atoms in total. The predicted molar refractivity (Wildman–Crippen MR) is 140 cm³/mol. The first-order chi connectivity index (χ1) is 14.9. The summed E-state index contributed by atoms with van der Waals surface area (Å²) in [5, 5.41) is 3.81. The largest absolute Gasteiger partial charge is 0.496 e. The van der Waals surface area contributed by atoms with Crippen molar-refractivity contribution in [2.75, 3.05) is 24.8 Å². The van der Waals surface area contributed by atoms with Gasteiger partial charge in [0.05, 0.1) is 13.7 Å². The van der Waals surface area contributed by atoms with E-state index in [1.54, 1.807) is 7.11 Å². The first-order valence-corrected chi connectivity index (χ1v) is 14.9. The van der Waals surface area contributed by atoms with Crippen LogP contribution >= 0.6 is 15.9 Å². The summed E-state index contributed by atoms with van der Waals surface area (Å²) in [7, 11) is -0.160. The van der Waals surface area contributed by atoms with Crippen LogP contribution in [0, 0.1) is 6.92 Å². The molecule has 178 valence electrons. The van der Waals surface area contributed by atoms with Crippen LogP contribution in [0.3, 0.4) is 0 Å². The van der Waals surface area contributed by atoms with Gasteiger partial charge in [-0.05, 0) is 49.2 Å². The van der Waals surface area contributed by atoms with E-state index in [0.717, 1.165) is 45.7 Å². The number of anilines is 2. The Labute approximate surface area is 203 Å². The molecule has 32 heavy (non-hydrogen) atoms. The molecule has 0 spiro atoms. The molecule has 1 atom stereocenters. The van der Waals surface area contributed by atoms with E-state index in [2.05, 4.69) is 78.1 Å². The number of hydrogen-bond donors (Lipinski definition) is 2. The fourth-order valence-electron chi connectivity index (χ4n) is 3.27. The van der Waals surface area contributed by atoms with Crippen molar-refractivity contribution in [1.29, 1.82) is 0 Å². The third-order valence-electron chi connectivity index (χ3n) is 6.28. The first-order valence-electron chi connectivity index (χ1n) is 11.2. The van der Waals surface area contributed by atoms with E-state index >= 15 is 0 Å². The van der Waals surface area contributed by atoms with E-state index < -0.39 is 8.32 Å². The molecule has 0 bridgehead atoms. The molecule has 2 aromatic rings. The standard InChI is InChI=1S/C24H39BrN4O2Si/c1-9-10-19(15-31-32(7,8)24(3,4)5)28-22-20(16(2)27-23(26)29-22)13-17-11-12-18(25)14-21(17)30-6/h11-12,14,19H,9-10,13,15H2,1-8H3,(H3,26,27,28,29)/t19-/m0/s1. The van der Waals surface area contributed by atoms with Crippen LogP contribution in [0.5, 0.6) is 5.75 Å². The number of halogens is 1. The van der Waals surface area contributed by atoms with Gasteiger partial charge in [-0.25, -0.2) is 4.98 Å². The minimum Gasteiger partial charge on any atom is -0.496 e. The van der Waals surface area contributed by atoms with E-state index in [0.29, 0.717) is 13.0 Å². The molecule has 1 aromatic carbocycles. The summed E-state index contributed by atoms with van der Waals surface area (Å²) in [5.74, 6) is 1.88. The molecule has 0 radical (unpaired) electrons. The Hall–Kier alpha value is -1.64. The highest BCUT2D eigenvalue weighted by molar-refractivity contribution is 9.10. The Bertz CT molecular complexity index is 916. The second-order valence-electron chi connectivity index (χ2n) is 9.83. The number of nitrogens with one attached hydrogen (secondary N) is 1. The number of nitrogen functional groups attached to an aromatic ring is 1. The third kappa shape index (κ3) is 6.93. The molecule has 2 rings (SSSR count). The zero-order valence-corrected chi connectivity index (χ0v) is 23.4. The van der Waals surface area contributed by atoms with Crippen molar-refractivity contribution in [2.45, 2.75) is 78.1 Å². The lowest BCUT2D eigenvalue weighted by Crippen LogP contribution is -2.43. The Morgan fingerprint density at radius 3 is 2.50 bits per heavy atom. The van der Waals surface area contributed by atoms with Gasteiger partial charge in [-0.1, -0.05) is 56.1 Å². The molecular weight excluding hydrogens is 484 g/mol. The maximum Gasteiger partial charge on any atom is 0.222 e. The normalized spacial score (nSPS) is 13.2. The summed E-state index contributed by atoms with van der Waals surface area (Å²) in [4.78, 5) is 9.01. The van der Waals surface area contributed by atoms with Crippen molar-refractivity contribution < 1.29 is 9.16 Å². The Kier molecular flexibility index (Phi) is 9.13. The van der Waals surface area contributed by atoms with Gasteiger partial charge in [-0.3, -0.25) is 0 Å². The van der Waals surface area contributed by atoms with Gasteiger partial charge in [-0.2, -0.15) is 4.98 Å². The van der Waals surface area contributed by atoms with E-state index in [4.69, 9.17) is 14.9 Å². The molecule has 0 aliphatic heterocycles. The van der Waals surface area contributed by atoms with E-state index in [1.807, 2.05) is 19.1 Å². The summed E-state index contributed by atoms with van der Waals surface area (Å²) in [6.07, 6.45) is 2.68. The van der Waals surface area contributed by atoms with Gasteiger partial charge in [0.25, 0.3) is 0 Å². The minimum atomic E-state index is -1.85. The number of aryl methyl sites for hydroxylation is 1.